The fourth-order valence-electron chi connectivity index (χ4n) is 1.18. The van der Waals surface area contributed by atoms with Gasteiger partial charge < -0.3 is 0 Å². The largest absolute Gasteiger partial charge is 0.285 e. The number of imide groups is 1. The Morgan fingerprint density at radius 2 is 2.09 bits per heavy atom. The summed E-state index contributed by atoms with van der Waals surface area (Å²) in [5.41, 5.74) is 0. The van der Waals surface area contributed by atoms with E-state index < -0.39 is 5.24 Å². The van der Waals surface area contributed by atoms with Gasteiger partial charge in [0.2, 0.25) is 5.91 Å². The van der Waals surface area contributed by atoms with Crippen molar-refractivity contribution in [3.63, 3.8) is 0 Å². The summed E-state index contributed by atoms with van der Waals surface area (Å²) in [6.45, 7) is 0.543. The smallest absolute Gasteiger partial charge is 0.274 e. The Morgan fingerprint density at radius 3 is 2.73 bits per heavy atom. The van der Waals surface area contributed by atoms with Crippen molar-refractivity contribution in [1.29, 1.82) is 0 Å². The van der Waals surface area contributed by atoms with Crippen molar-refractivity contribution >= 4 is 23.8 Å². The standard InChI is InChI=1S/C7H11NO2S/c9-6-4-2-1-3-5-8(6)7(10)11/h1-5H2,(H,10,11). The highest BCUT2D eigenvalue weighted by molar-refractivity contribution is 7.96. The van der Waals surface area contributed by atoms with Gasteiger partial charge in [-0.15, -0.1) is 0 Å². The van der Waals surface area contributed by atoms with Gasteiger partial charge in [-0.1, -0.05) is 19.0 Å². The molecule has 1 aliphatic rings. The second kappa shape index (κ2) is 3.76. The monoisotopic (exact) mass is 173 g/mol. The van der Waals surface area contributed by atoms with E-state index in [0.717, 1.165) is 19.3 Å². The van der Waals surface area contributed by atoms with Crippen molar-refractivity contribution in [2.45, 2.75) is 25.7 Å². The number of amides is 2. The predicted molar refractivity (Wildman–Crippen MR) is 44.6 cm³/mol. The van der Waals surface area contributed by atoms with Crippen LogP contribution in [0.15, 0.2) is 0 Å². The van der Waals surface area contributed by atoms with Gasteiger partial charge in [0.1, 0.15) is 0 Å². The third-order valence-electron chi connectivity index (χ3n) is 1.80. The zero-order chi connectivity index (χ0) is 8.27. The zero-order valence-electron chi connectivity index (χ0n) is 6.25. The van der Waals surface area contributed by atoms with Crippen LogP contribution in [0.3, 0.4) is 0 Å². The van der Waals surface area contributed by atoms with Crippen LogP contribution in [-0.2, 0) is 4.79 Å². The Labute approximate surface area is 71.2 Å². The molecule has 1 fully saturated rings. The van der Waals surface area contributed by atoms with Gasteiger partial charge in [-0.25, -0.2) is 0 Å². The molecule has 11 heavy (non-hydrogen) atoms. The highest BCUT2D eigenvalue weighted by Crippen LogP contribution is 2.12. The molecule has 0 aromatic heterocycles. The van der Waals surface area contributed by atoms with Gasteiger partial charge in [0.05, 0.1) is 0 Å². The van der Waals surface area contributed by atoms with Crippen LogP contribution in [0, 0.1) is 0 Å². The summed E-state index contributed by atoms with van der Waals surface area (Å²) in [5.74, 6) is -0.0810. The minimum absolute atomic E-state index is 0.0810. The molecular formula is C7H11NO2S. The van der Waals surface area contributed by atoms with E-state index in [2.05, 4.69) is 12.6 Å². The molecule has 0 unspecified atom stereocenters. The maximum Gasteiger partial charge on any atom is 0.285 e. The molecule has 0 saturated carbocycles. The lowest BCUT2D eigenvalue weighted by Gasteiger charge is -2.14. The first-order chi connectivity index (χ1) is 5.22. The number of hydrogen-bond acceptors (Lipinski definition) is 2. The summed E-state index contributed by atoms with van der Waals surface area (Å²) in [7, 11) is 0. The summed E-state index contributed by atoms with van der Waals surface area (Å²) in [6, 6.07) is 0. The van der Waals surface area contributed by atoms with Crippen LogP contribution < -0.4 is 0 Å². The quantitative estimate of drug-likeness (QED) is 0.563. The van der Waals surface area contributed by atoms with Crippen molar-refractivity contribution in [3.05, 3.63) is 0 Å². The number of thiol groups is 1. The predicted octanol–water partition coefficient (Wildman–Crippen LogP) is 1.44. The van der Waals surface area contributed by atoms with Gasteiger partial charge in [0.15, 0.2) is 0 Å². The first-order valence-electron chi connectivity index (χ1n) is 3.75. The summed E-state index contributed by atoms with van der Waals surface area (Å²) >= 11 is 3.61. The maximum atomic E-state index is 11.1. The van der Waals surface area contributed by atoms with Crippen LogP contribution in [0.4, 0.5) is 4.79 Å². The Balaban J connectivity index is 2.59. The summed E-state index contributed by atoms with van der Waals surface area (Å²) in [4.78, 5) is 23.1. The lowest BCUT2D eigenvalue weighted by atomic mass is 10.2. The van der Waals surface area contributed by atoms with Crippen molar-refractivity contribution in [1.82, 2.24) is 4.90 Å². The number of hydrogen-bond donors (Lipinski definition) is 1. The normalized spacial score (nSPS) is 19.7. The molecule has 0 aromatic carbocycles. The minimum atomic E-state index is -0.420. The molecule has 1 rings (SSSR count). The van der Waals surface area contributed by atoms with Gasteiger partial charge in [0.25, 0.3) is 5.24 Å². The molecule has 4 heteroatoms. The van der Waals surface area contributed by atoms with Gasteiger partial charge in [0, 0.05) is 13.0 Å². The molecule has 1 aliphatic heterocycles. The van der Waals surface area contributed by atoms with E-state index in [-0.39, 0.29) is 5.91 Å². The third-order valence-corrected chi connectivity index (χ3v) is 2.05. The van der Waals surface area contributed by atoms with Gasteiger partial charge in [-0.2, -0.15) is 0 Å². The summed E-state index contributed by atoms with van der Waals surface area (Å²) in [6.07, 6.45) is 3.34. The van der Waals surface area contributed by atoms with Crippen LogP contribution in [0.2, 0.25) is 0 Å². The van der Waals surface area contributed by atoms with Crippen LogP contribution in [0.1, 0.15) is 25.7 Å². The highest BCUT2D eigenvalue weighted by Gasteiger charge is 2.19. The average Bonchev–Trinajstić information content (AvgIpc) is 2.13. The molecule has 0 radical (unpaired) electrons. The Kier molecular flexibility index (Phi) is 2.93. The molecule has 0 atom stereocenters. The van der Waals surface area contributed by atoms with Gasteiger partial charge in [-0.05, 0) is 12.8 Å². The van der Waals surface area contributed by atoms with E-state index >= 15 is 0 Å². The Bertz CT molecular complexity index is 181. The second-order valence-electron chi connectivity index (χ2n) is 2.64. The molecule has 0 spiro atoms. The molecule has 1 heterocycles. The number of nitrogens with zero attached hydrogens (tertiary/aromatic N) is 1. The molecular weight excluding hydrogens is 162 g/mol. The lowest BCUT2D eigenvalue weighted by molar-refractivity contribution is -0.127. The number of carbonyl (C=O) groups is 2. The average molecular weight is 173 g/mol. The van der Waals surface area contributed by atoms with Crippen LogP contribution in [0.5, 0.6) is 0 Å². The topological polar surface area (TPSA) is 37.4 Å². The van der Waals surface area contributed by atoms with E-state index in [4.69, 9.17) is 0 Å². The fraction of sp³-hybridized carbons (Fsp3) is 0.714. The van der Waals surface area contributed by atoms with Gasteiger partial charge >= 0.3 is 0 Å². The number of rotatable bonds is 0. The summed E-state index contributed by atoms with van der Waals surface area (Å²) in [5, 5.41) is -0.420. The Hall–Kier alpha value is -0.510. The summed E-state index contributed by atoms with van der Waals surface area (Å²) < 4.78 is 0. The van der Waals surface area contributed by atoms with Crippen LogP contribution in [0.25, 0.3) is 0 Å². The third kappa shape index (κ3) is 2.22. The lowest BCUT2D eigenvalue weighted by Crippen LogP contribution is -2.32. The van der Waals surface area contributed by atoms with E-state index in [9.17, 15) is 9.59 Å². The minimum Gasteiger partial charge on any atom is -0.274 e. The first-order valence-corrected chi connectivity index (χ1v) is 4.20. The molecule has 0 bridgehead atoms. The molecule has 62 valence electrons. The van der Waals surface area contributed by atoms with E-state index in [0.29, 0.717) is 13.0 Å². The van der Waals surface area contributed by atoms with Crippen LogP contribution >= 0.6 is 12.6 Å². The maximum absolute atomic E-state index is 11.1. The van der Waals surface area contributed by atoms with Gasteiger partial charge in [-0.3, -0.25) is 14.5 Å². The number of likely N-dealkylation sites (tertiary alicyclic amines) is 1. The van der Waals surface area contributed by atoms with E-state index in [1.807, 2.05) is 0 Å². The molecule has 0 aliphatic carbocycles. The van der Waals surface area contributed by atoms with Crippen molar-refractivity contribution in [2.75, 3.05) is 6.54 Å². The molecule has 2 amide bonds. The van der Waals surface area contributed by atoms with E-state index in [1.54, 1.807) is 0 Å². The fourth-order valence-corrected chi connectivity index (χ4v) is 1.40. The van der Waals surface area contributed by atoms with Crippen LogP contribution in [-0.4, -0.2) is 22.6 Å². The first kappa shape index (κ1) is 8.59. The van der Waals surface area contributed by atoms with Crippen molar-refractivity contribution < 1.29 is 9.59 Å². The molecule has 0 N–H and O–H groups in total. The Morgan fingerprint density at radius 1 is 1.36 bits per heavy atom. The number of carbonyl (C=O) groups excluding carboxylic acids is 2. The highest BCUT2D eigenvalue weighted by atomic mass is 32.1. The van der Waals surface area contributed by atoms with Crippen molar-refractivity contribution in [2.24, 2.45) is 0 Å². The second-order valence-corrected chi connectivity index (χ2v) is 3.02. The zero-order valence-corrected chi connectivity index (χ0v) is 7.14. The molecule has 0 aromatic rings. The SMILES string of the molecule is O=C(S)N1CCCCCC1=O. The molecule has 3 nitrogen and oxygen atoms in total. The van der Waals surface area contributed by atoms with E-state index in [1.165, 1.54) is 4.90 Å². The van der Waals surface area contributed by atoms with Crippen molar-refractivity contribution in [3.8, 4) is 0 Å². The molecule has 1 saturated heterocycles.